The van der Waals surface area contributed by atoms with E-state index in [-0.39, 0.29) is 0 Å². The van der Waals surface area contributed by atoms with Gasteiger partial charge in [-0.25, -0.2) is 4.98 Å². The van der Waals surface area contributed by atoms with Gasteiger partial charge in [-0.05, 0) is 6.42 Å². The molecule has 1 aromatic heterocycles. The molecule has 0 spiro atoms. The minimum absolute atomic E-state index is 0.298. The van der Waals surface area contributed by atoms with E-state index in [1.165, 1.54) is 0 Å². The number of hydrogen-bond acceptors (Lipinski definition) is 4. The van der Waals surface area contributed by atoms with Crippen molar-refractivity contribution >= 4 is 17.5 Å². The lowest BCUT2D eigenvalue weighted by Crippen LogP contribution is -1.87. The van der Waals surface area contributed by atoms with E-state index in [1.807, 2.05) is 6.07 Å². The number of hydrogen-bond donors (Lipinski definition) is 1. The molecular weight excluding hydrogens is 190 g/mol. The zero-order valence-electron chi connectivity index (χ0n) is 7.30. The van der Waals surface area contributed by atoms with Gasteiger partial charge in [0.25, 0.3) is 0 Å². The first kappa shape index (κ1) is 9.87. The van der Waals surface area contributed by atoms with Crippen LogP contribution in [0.2, 0.25) is 0 Å². The minimum atomic E-state index is 0.298. The Labute approximate surface area is 81.5 Å². The molecule has 1 heterocycles. The zero-order chi connectivity index (χ0) is 9.68. The van der Waals surface area contributed by atoms with Crippen LogP contribution in [0.4, 0.5) is 5.88 Å². The number of rotatable bonds is 4. The van der Waals surface area contributed by atoms with Gasteiger partial charge >= 0.3 is 0 Å². The maximum atomic E-state index is 8.65. The van der Waals surface area contributed by atoms with E-state index >= 15 is 0 Å². The number of anilines is 1. The van der Waals surface area contributed by atoms with Gasteiger partial charge in [0.1, 0.15) is 6.07 Å². The summed E-state index contributed by atoms with van der Waals surface area (Å²) in [5.41, 5.74) is 0.298. The highest BCUT2D eigenvalue weighted by molar-refractivity contribution is 6.17. The van der Waals surface area contributed by atoms with Crippen molar-refractivity contribution in [2.24, 2.45) is 0 Å². The fourth-order valence-electron chi connectivity index (χ4n) is 0.935. The molecule has 0 saturated heterocycles. The third-order valence-corrected chi connectivity index (χ3v) is 1.80. The quantitative estimate of drug-likeness (QED) is 0.751. The molecule has 5 heteroatoms. The monoisotopic (exact) mass is 199 g/mol. The second-order valence-corrected chi connectivity index (χ2v) is 2.82. The molecule has 4 nitrogen and oxygen atoms in total. The maximum absolute atomic E-state index is 8.65. The third-order valence-electron chi connectivity index (χ3n) is 1.53. The van der Waals surface area contributed by atoms with Crippen LogP contribution in [0.25, 0.3) is 0 Å². The van der Waals surface area contributed by atoms with Crippen molar-refractivity contribution in [3.63, 3.8) is 0 Å². The number of oxazole rings is 1. The van der Waals surface area contributed by atoms with Crippen LogP contribution < -0.4 is 5.32 Å². The summed E-state index contributed by atoms with van der Waals surface area (Å²) in [6.07, 6.45) is 1.47. The molecule has 0 aliphatic rings. The summed E-state index contributed by atoms with van der Waals surface area (Å²) in [6.45, 7) is 0. The molecule has 0 fully saturated rings. The molecule has 0 aliphatic heterocycles. The largest absolute Gasteiger partial charge is 0.424 e. The van der Waals surface area contributed by atoms with Crippen LogP contribution in [0.5, 0.6) is 0 Å². The first-order chi connectivity index (χ1) is 6.31. The van der Waals surface area contributed by atoms with Crippen molar-refractivity contribution in [2.45, 2.75) is 12.8 Å². The Morgan fingerprint density at radius 2 is 2.46 bits per heavy atom. The van der Waals surface area contributed by atoms with Gasteiger partial charge < -0.3 is 9.73 Å². The van der Waals surface area contributed by atoms with Gasteiger partial charge in [-0.3, -0.25) is 0 Å². The Hall–Kier alpha value is -1.21. The van der Waals surface area contributed by atoms with Crippen molar-refractivity contribution in [2.75, 3.05) is 18.2 Å². The smallest absolute Gasteiger partial charge is 0.231 e. The summed E-state index contributed by atoms with van der Waals surface area (Å²) < 4.78 is 5.25. The van der Waals surface area contributed by atoms with E-state index in [2.05, 4.69) is 10.3 Å². The Bertz CT molecular complexity index is 316. The summed E-state index contributed by atoms with van der Waals surface area (Å²) in [7, 11) is 1.69. The first-order valence-corrected chi connectivity index (χ1v) is 4.48. The topological polar surface area (TPSA) is 61.9 Å². The number of aromatic nitrogens is 1. The van der Waals surface area contributed by atoms with Crippen LogP contribution in [0.3, 0.4) is 0 Å². The summed E-state index contributed by atoms with van der Waals surface area (Å²) in [5.74, 6) is 1.55. The lowest BCUT2D eigenvalue weighted by molar-refractivity contribution is 0.504. The van der Waals surface area contributed by atoms with Crippen molar-refractivity contribution in [3.05, 3.63) is 11.6 Å². The van der Waals surface area contributed by atoms with Crippen LogP contribution in [0.15, 0.2) is 4.42 Å². The lowest BCUT2D eigenvalue weighted by atomic mass is 10.3. The van der Waals surface area contributed by atoms with E-state index in [0.717, 1.165) is 6.42 Å². The van der Waals surface area contributed by atoms with Crippen molar-refractivity contribution in [1.82, 2.24) is 4.98 Å². The molecule has 0 amide bonds. The number of alkyl halides is 1. The van der Waals surface area contributed by atoms with E-state index in [4.69, 9.17) is 21.3 Å². The van der Waals surface area contributed by atoms with Gasteiger partial charge in [-0.1, -0.05) is 0 Å². The predicted molar refractivity (Wildman–Crippen MR) is 49.8 cm³/mol. The van der Waals surface area contributed by atoms with Gasteiger partial charge in [0.2, 0.25) is 11.6 Å². The van der Waals surface area contributed by atoms with Gasteiger partial charge in [-0.15, -0.1) is 11.6 Å². The second-order valence-electron chi connectivity index (χ2n) is 2.44. The molecule has 0 radical (unpaired) electrons. The van der Waals surface area contributed by atoms with Gasteiger partial charge in [-0.2, -0.15) is 5.26 Å². The minimum Gasteiger partial charge on any atom is -0.424 e. The number of aryl methyl sites for hydroxylation is 1. The summed E-state index contributed by atoms with van der Waals surface area (Å²) in [4.78, 5) is 3.99. The number of nitrogens with zero attached hydrogens (tertiary/aromatic N) is 2. The highest BCUT2D eigenvalue weighted by Crippen LogP contribution is 2.16. The Balaban J connectivity index is 2.76. The normalized spacial score (nSPS) is 9.62. The SMILES string of the molecule is CNc1oc(CCCCl)nc1C#N. The highest BCUT2D eigenvalue weighted by Gasteiger charge is 2.10. The van der Waals surface area contributed by atoms with Crippen LogP contribution in [-0.2, 0) is 6.42 Å². The lowest BCUT2D eigenvalue weighted by Gasteiger charge is -1.91. The van der Waals surface area contributed by atoms with Gasteiger partial charge in [0.05, 0.1) is 0 Å². The number of nitrogens with one attached hydrogen (secondary N) is 1. The zero-order valence-corrected chi connectivity index (χ0v) is 8.06. The molecule has 0 atom stereocenters. The maximum Gasteiger partial charge on any atom is 0.231 e. The predicted octanol–water partition coefficient (Wildman–Crippen LogP) is 1.76. The molecule has 1 aromatic rings. The van der Waals surface area contributed by atoms with E-state index < -0.39 is 0 Å². The Morgan fingerprint density at radius 3 is 2.92 bits per heavy atom. The average molecular weight is 200 g/mol. The van der Waals surface area contributed by atoms with Crippen LogP contribution in [-0.4, -0.2) is 17.9 Å². The molecule has 1 rings (SSSR count). The number of halogens is 1. The summed E-state index contributed by atoms with van der Waals surface area (Å²) in [5, 5.41) is 11.4. The fraction of sp³-hybridized carbons (Fsp3) is 0.500. The summed E-state index contributed by atoms with van der Waals surface area (Å²) in [6, 6.07) is 1.94. The van der Waals surface area contributed by atoms with E-state index in [0.29, 0.717) is 29.8 Å². The van der Waals surface area contributed by atoms with E-state index in [1.54, 1.807) is 7.05 Å². The Morgan fingerprint density at radius 1 is 1.69 bits per heavy atom. The average Bonchev–Trinajstić information content (AvgIpc) is 2.57. The van der Waals surface area contributed by atoms with Crippen LogP contribution >= 0.6 is 11.6 Å². The van der Waals surface area contributed by atoms with Gasteiger partial charge in [0.15, 0.2) is 5.89 Å². The molecule has 70 valence electrons. The molecule has 0 bridgehead atoms. The number of nitriles is 1. The highest BCUT2D eigenvalue weighted by atomic mass is 35.5. The standard InChI is InChI=1S/C8H10ClN3O/c1-11-8-6(5-10)12-7(13-8)3-2-4-9/h11H,2-4H2,1H3. The molecular formula is C8H10ClN3O. The van der Waals surface area contributed by atoms with E-state index in [9.17, 15) is 0 Å². The molecule has 1 N–H and O–H groups in total. The van der Waals surface area contributed by atoms with Crippen molar-refractivity contribution in [3.8, 4) is 6.07 Å². The molecule has 0 unspecified atom stereocenters. The van der Waals surface area contributed by atoms with Crippen LogP contribution in [0, 0.1) is 11.3 Å². The second kappa shape index (κ2) is 4.73. The third kappa shape index (κ3) is 2.36. The molecule has 13 heavy (non-hydrogen) atoms. The first-order valence-electron chi connectivity index (χ1n) is 3.95. The molecule has 0 saturated carbocycles. The molecule has 0 aromatic carbocycles. The Kier molecular flexibility index (Phi) is 3.59. The van der Waals surface area contributed by atoms with Gasteiger partial charge in [0, 0.05) is 19.3 Å². The fourth-order valence-corrected chi connectivity index (χ4v) is 1.07. The summed E-state index contributed by atoms with van der Waals surface area (Å²) >= 11 is 5.52. The van der Waals surface area contributed by atoms with Crippen LogP contribution in [0.1, 0.15) is 18.0 Å². The van der Waals surface area contributed by atoms with Crippen molar-refractivity contribution < 1.29 is 4.42 Å². The molecule has 0 aliphatic carbocycles. The van der Waals surface area contributed by atoms with Crippen molar-refractivity contribution in [1.29, 1.82) is 5.26 Å².